The van der Waals surface area contributed by atoms with Crippen molar-refractivity contribution in [3.05, 3.63) is 22.3 Å². The third-order valence-electron chi connectivity index (χ3n) is 2.94. The number of benzene rings is 1. The molecule has 0 aromatic heterocycles. The van der Waals surface area contributed by atoms with Gasteiger partial charge in [0, 0.05) is 0 Å². The summed E-state index contributed by atoms with van der Waals surface area (Å²) in [4.78, 5) is 0. The molecule has 1 aromatic rings. The summed E-state index contributed by atoms with van der Waals surface area (Å²) < 4.78 is 3.36. The molecular formula is C10H12Hg2. The fourth-order valence-corrected chi connectivity index (χ4v) is 5.59. The van der Waals surface area contributed by atoms with Crippen molar-refractivity contribution in [2.24, 2.45) is 0 Å². The van der Waals surface area contributed by atoms with Gasteiger partial charge in [-0.15, -0.1) is 0 Å². The van der Waals surface area contributed by atoms with E-state index in [4.69, 9.17) is 0 Å². The molecule has 2 heteroatoms. The van der Waals surface area contributed by atoms with Crippen molar-refractivity contribution >= 4 is 6.14 Å². The van der Waals surface area contributed by atoms with E-state index in [2.05, 4.69) is 27.7 Å². The van der Waals surface area contributed by atoms with Crippen LogP contribution in [0.2, 0.25) is 0 Å². The average Bonchev–Trinajstić information content (AvgIpc) is 2.08. The van der Waals surface area contributed by atoms with Gasteiger partial charge in [0.1, 0.15) is 0 Å². The van der Waals surface area contributed by atoms with E-state index in [0.717, 1.165) is 52.2 Å². The van der Waals surface area contributed by atoms with E-state index in [0.29, 0.717) is 0 Å². The van der Waals surface area contributed by atoms with Crippen LogP contribution >= 0.6 is 0 Å². The van der Waals surface area contributed by atoms with Crippen molar-refractivity contribution in [3.63, 3.8) is 0 Å². The van der Waals surface area contributed by atoms with E-state index < -0.39 is 0 Å². The van der Waals surface area contributed by atoms with Gasteiger partial charge in [0.05, 0.1) is 0 Å². The second kappa shape index (κ2) is 4.08. The second-order valence-corrected chi connectivity index (χ2v) is 8.95. The molecule has 1 aromatic carbocycles. The van der Waals surface area contributed by atoms with Crippen LogP contribution in [0.25, 0.3) is 0 Å². The molecule has 0 amide bonds. The molecule has 0 saturated carbocycles. The minimum absolute atomic E-state index is 0.780. The van der Waals surface area contributed by atoms with Gasteiger partial charge in [0.2, 0.25) is 0 Å². The zero-order chi connectivity index (χ0) is 9.46. The average molecular weight is 533 g/mol. The molecule has 0 saturated heterocycles. The molecule has 0 unspecified atom stereocenters. The number of hydrogen-bond acceptors (Lipinski definition) is 0. The number of rotatable bonds is 0. The van der Waals surface area contributed by atoms with E-state index in [-0.39, 0.29) is 0 Å². The number of hydrogen-bond donors (Lipinski definition) is 0. The first-order valence-electron chi connectivity index (χ1n) is 4.21. The second-order valence-electron chi connectivity index (χ2n) is 3.46. The van der Waals surface area contributed by atoms with E-state index >= 15 is 0 Å². The van der Waals surface area contributed by atoms with Crippen LogP contribution in [0.4, 0.5) is 0 Å². The first-order valence-corrected chi connectivity index (χ1v) is 9.70. The molecule has 0 atom stereocenters. The Kier molecular flexibility index (Phi) is 3.80. The molecule has 0 N–H and O–H groups in total. The van der Waals surface area contributed by atoms with Crippen molar-refractivity contribution in [1.82, 2.24) is 0 Å². The maximum absolute atomic E-state index is 2.29. The van der Waals surface area contributed by atoms with Gasteiger partial charge in [-0.05, 0) is 0 Å². The normalized spacial score (nSPS) is 10.7. The Labute approximate surface area is 107 Å². The van der Waals surface area contributed by atoms with Gasteiger partial charge in [-0.2, -0.15) is 0 Å². The van der Waals surface area contributed by atoms with Gasteiger partial charge in [0.25, 0.3) is 0 Å². The van der Waals surface area contributed by atoms with Gasteiger partial charge >= 0.3 is 108 Å². The Hall–Kier alpha value is 1.09. The van der Waals surface area contributed by atoms with E-state index in [1.807, 2.05) is 0 Å². The van der Waals surface area contributed by atoms with Crippen molar-refractivity contribution in [2.45, 2.75) is 27.7 Å². The Morgan fingerprint density at radius 2 is 0.750 bits per heavy atom. The predicted molar refractivity (Wildman–Crippen MR) is 44.7 cm³/mol. The fraction of sp³-hybridized carbons (Fsp3) is 0.400. The van der Waals surface area contributed by atoms with Crippen LogP contribution in [0.1, 0.15) is 22.3 Å². The molecule has 0 radical (unpaired) electrons. The molecule has 0 bridgehead atoms. The van der Waals surface area contributed by atoms with Crippen LogP contribution in [-0.4, -0.2) is 0 Å². The summed E-state index contributed by atoms with van der Waals surface area (Å²) in [5.74, 6) is 0. The van der Waals surface area contributed by atoms with Crippen molar-refractivity contribution < 1.29 is 52.2 Å². The Morgan fingerprint density at radius 1 is 0.583 bits per heavy atom. The molecule has 0 nitrogen and oxygen atoms in total. The Morgan fingerprint density at radius 3 is 0.917 bits per heavy atom. The molecule has 0 fully saturated rings. The van der Waals surface area contributed by atoms with Crippen LogP contribution in [0, 0.1) is 27.7 Å². The van der Waals surface area contributed by atoms with E-state index in [1.165, 1.54) is 0 Å². The zero-order valence-corrected chi connectivity index (χ0v) is 19.4. The summed E-state index contributed by atoms with van der Waals surface area (Å²) in [6, 6.07) is 0. The molecule has 0 spiro atoms. The predicted octanol–water partition coefficient (Wildman–Crippen LogP) is 1.26. The molecular weight excluding hydrogens is 521 g/mol. The Balaban J connectivity index is 3.60. The van der Waals surface area contributed by atoms with Crippen molar-refractivity contribution in [1.29, 1.82) is 0 Å². The van der Waals surface area contributed by atoms with Crippen LogP contribution in [-0.2, 0) is 52.2 Å². The third-order valence-corrected chi connectivity index (χ3v) is 11.2. The fourth-order valence-electron chi connectivity index (χ4n) is 1.47. The Bertz CT molecular complexity index is 222. The van der Waals surface area contributed by atoms with Gasteiger partial charge in [0.15, 0.2) is 0 Å². The SMILES string of the molecule is Cc1c(C)[c]([Hg])c(C)c(C)[c]1[Hg]. The summed E-state index contributed by atoms with van der Waals surface area (Å²) in [5, 5.41) is 0. The van der Waals surface area contributed by atoms with Gasteiger partial charge in [-0.1, -0.05) is 0 Å². The van der Waals surface area contributed by atoms with Crippen molar-refractivity contribution in [2.75, 3.05) is 0 Å². The van der Waals surface area contributed by atoms with Crippen LogP contribution < -0.4 is 6.14 Å². The first-order chi connectivity index (χ1) is 5.46. The molecule has 0 aliphatic heterocycles. The van der Waals surface area contributed by atoms with Crippen LogP contribution in [0.3, 0.4) is 0 Å². The summed E-state index contributed by atoms with van der Waals surface area (Å²) in [5.41, 5.74) is 6.36. The zero-order valence-electron chi connectivity index (χ0n) is 8.41. The van der Waals surface area contributed by atoms with Crippen molar-refractivity contribution in [3.8, 4) is 0 Å². The van der Waals surface area contributed by atoms with Crippen LogP contribution in [0.15, 0.2) is 0 Å². The van der Waals surface area contributed by atoms with E-state index in [9.17, 15) is 0 Å². The van der Waals surface area contributed by atoms with Gasteiger partial charge < -0.3 is 0 Å². The third kappa shape index (κ3) is 1.79. The minimum atomic E-state index is 0.780. The standard InChI is InChI=1S/C10H12.2Hg/c1-7-5-9(3)10(4)6-8(7)2;;/h1-4H3;;. The topological polar surface area (TPSA) is 0 Å². The molecule has 0 aliphatic carbocycles. The molecule has 0 heterocycles. The molecule has 1 rings (SSSR count). The monoisotopic (exact) mass is 536 g/mol. The summed E-state index contributed by atoms with van der Waals surface area (Å²) in [7, 11) is 0. The van der Waals surface area contributed by atoms with Gasteiger partial charge in [-0.25, -0.2) is 0 Å². The summed E-state index contributed by atoms with van der Waals surface area (Å²) >= 11 is 1.56. The molecule has 12 heavy (non-hydrogen) atoms. The van der Waals surface area contributed by atoms with Crippen LogP contribution in [0.5, 0.6) is 0 Å². The maximum atomic E-state index is 2.29. The quantitative estimate of drug-likeness (QED) is 0.441. The summed E-state index contributed by atoms with van der Waals surface area (Å²) in [6.45, 7) is 9.17. The molecule has 56 valence electrons. The molecule has 0 aliphatic rings. The van der Waals surface area contributed by atoms with Gasteiger partial charge in [-0.3, -0.25) is 0 Å². The first kappa shape index (κ1) is 11.2. The summed E-state index contributed by atoms with van der Waals surface area (Å²) in [6.07, 6.45) is 0. The van der Waals surface area contributed by atoms with E-state index in [1.54, 1.807) is 28.4 Å².